The van der Waals surface area contributed by atoms with Crippen LogP contribution in [0.25, 0.3) is 11.0 Å². The molecule has 2 heterocycles. The molecule has 19 heavy (non-hydrogen) atoms. The molecule has 0 amide bonds. The van der Waals surface area contributed by atoms with Crippen LogP contribution in [0.4, 0.5) is 0 Å². The van der Waals surface area contributed by atoms with Gasteiger partial charge in [0.15, 0.2) is 0 Å². The number of aromatic nitrogens is 2. The highest BCUT2D eigenvalue weighted by Crippen LogP contribution is 2.24. The van der Waals surface area contributed by atoms with Crippen LogP contribution in [-0.2, 0) is 6.54 Å². The molecule has 98 valence electrons. The summed E-state index contributed by atoms with van der Waals surface area (Å²) < 4.78 is 7.83. The lowest BCUT2D eigenvalue weighted by molar-refractivity contribution is 0.394. The number of nitrogens with zero attached hydrogens (tertiary/aromatic N) is 2. The quantitative estimate of drug-likeness (QED) is 0.779. The van der Waals surface area contributed by atoms with Gasteiger partial charge >= 0.3 is 0 Å². The van der Waals surface area contributed by atoms with E-state index in [-0.39, 0.29) is 6.04 Å². The second-order valence-electron chi connectivity index (χ2n) is 4.71. The number of rotatable bonds is 4. The van der Waals surface area contributed by atoms with Gasteiger partial charge in [-0.25, -0.2) is 0 Å². The number of hydrogen-bond acceptors (Lipinski definition) is 3. The molecule has 1 N–H and O–H groups in total. The van der Waals surface area contributed by atoms with Crippen molar-refractivity contribution in [2.75, 3.05) is 7.05 Å². The number of para-hydroxylation sites is 1. The van der Waals surface area contributed by atoms with Crippen LogP contribution >= 0.6 is 0 Å². The van der Waals surface area contributed by atoms with Crippen LogP contribution in [0, 0.1) is 6.92 Å². The van der Waals surface area contributed by atoms with E-state index in [0.717, 1.165) is 29.0 Å². The normalized spacial score (nSPS) is 12.9. The van der Waals surface area contributed by atoms with E-state index in [2.05, 4.69) is 22.5 Å². The minimum absolute atomic E-state index is 0.117. The summed E-state index contributed by atoms with van der Waals surface area (Å²) in [5.74, 6) is 0.942. The first-order valence-corrected chi connectivity index (χ1v) is 6.42. The van der Waals surface area contributed by atoms with E-state index in [1.54, 1.807) is 0 Å². The zero-order valence-electron chi connectivity index (χ0n) is 11.1. The number of likely N-dealkylation sites (N-methyl/N-ethyl adjacent to an activating group) is 1. The van der Waals surface area contributed by atoms with E-state index in [1.807, 2.05) is 49.1 Å². The van der Waals surface area contributed by atoms with Crippen molar-refractivity contribution in [2.24, 2.45) is 0 Å². The maximum absolute atomic E-state index is 5.90. The van der Waals surface area contributed by atoms with Crippen molar-refractivity contribution in [3.05, 3.63) is 54.0 Å². The van der Waals surface area contributed by atoms with Crippen LogP contribution in [0.3, 0.4) is 0 Å². The average Bonchev–Trinajstić information content (AvgIpc) is 3.01. The lowest BCUT2D eigenvalue weighted by Crippen LogP contribution is -2.21. The summed E-state index contributed by atoms with van der Waals surface area (Å²) in [4.78, 5) is 0. The minimum Gasteiger partial charge on any atom is -0.459 e. The van der Waals surface area contributed by atoms with Gasteiger partial charge in [0.05, 0.1) is 18.3 Å². The van der Waals surface area contributed by atoms with Crippen LogP contribution in [0.5, 0.6) is 0 Å². The highest BCUT2D eigenvalue weighted by molar-refractivity contribution is 5.77. The van der Waals surface area contributed by atoms with Crippen LogP contribution in [0.2, 0.25) is 0 Å². The van der Waals surface area contributed by atoms with Gasteiger partial charge in [0.1, 0.15) is 11.3 Å². The molecule has 0 saturated carbocycles. The molecule has 1 aromatic carbocycles. The summed E-state index contributed by atoms with van der Waals surface area (Å²) in [6.07, 6.45) is 1.99. The number of hydrogen-bond donors (Lipinski definition) is 1. The van der Waals surface area contributed by atoms with E-state index in [9.17, 15) is 0 Å². The van der Waals surface area contributed by atoms with E-state index < -0.39 is 0 Å². The van der Waals surface area contributed by atoms with Crippen molar-refractivity contribution < 1.29 is 4.42 Å². The molecule has 3 rings (SSSR count). The molecular formula is C15H17N3O. The molecule has 0 spiro atoms. The Labute approximate surface area is 112 Å². The SMILES string of the molecule is CNC(Cn1ccc(C)n1)c1cc2ccccc2o1. The van der Waals surface area contributed by atoms with Crippen LogP contribution in [0.15, 0.2) is 47.0 Å². The second-order valence-corrected chi connectivity index (χ2v) is 4.71. The number of furan rings is 1. The van der Waals surface area contributed by atoms with Gasteiger partial charge in [0.25, 0.3) is 0 Å². The number of aryl methyl sites for hydroxylation is 1. The first-order valence-electron chi connectivity index (χ1n) is 6.42. The van der Waals surface area contributed by atoms with Gasteiger partial charge in [-0.15, -0.1) is 0 Å². The van der Waals surface area contributed by atoms with E-state index in [1.165, 1.54) is 0 Å². The topological polar surface area (TPSA) is 43.0 Å². The molecule has 4 heteroatoms. The van der Waals surface area contributed by atoms with Gasteiger partial charge in [0, 0.05) is 11.6 Å². The Morgan fingerprint density at radius 3 is 2.84 bits per heavy atom. The smallest absolute Gasteiger partial charge is 0.134 e. The largest absolute Gasteiger partial charge is 0.459 e. The van der Waals surface area contributed by atoms with Gasteiger partial charge in [-0.1, -0.05) is 18.2 Å². The molecule has 4 nitrogen and oxygen atoms in total. The van der Waals surface area contributed by atoms with Crippen molar-refractivity contribution >= 4 is 11.0 Å². The maximum atomic E-state index is 5.90. The molecule has 2 aromatic heterocycles. The molecule has 0 fully saturated rings. The average molecular weight is 255 g/mol. The summed E-state index contributed by atoms with van der Waals surface area (Å²) in [5, 5.41) is 8.83. The third kappa shape index (κ3) is 2.39. The fourth-order valence-corrected chi connectivity index (χ4v) is 2.25. The summed E-state index contributed by atoms with van der Waals surface area (Å²) in [5.41, 5.74) is 1.95. The predicted molar refractivity (Wildman–Crippen MR) is 75.0 cm³/mol. The standard InChI is InChI=1S/C15H17N3O/c1-11-7-8-18(17-11)10-13(16-2)15-9-12-5-3-4-6-14(12)19-15/h3-9,13,16H,10H2,1-2H3. The van der Waals surface area contributed by atoms with E-state index in [4.69, 9.17) is 4.42 Å². The van der Waals surface area contributed by atoms with Gasteiger partial charge in [0.2, 0.25) is 0 Å². The molecule has 3 aromatic rings. The second kappa shape index (κ2) is 4.90. The molecule has 0 aliphatic heterocycles. The van der Waals surface area contributed by atoms with Gasteiger partial charge in [-0.3, -0.25) is 4.68 Å². The van der Waals surface area contributed by atoms with Crippen molar-refractivity contribution in [2.45, 2.75) is 19.5 Å². The maximum Gasteiger partial charge on any atom is 0.134 e. The first kappa shape index (κ1) is 12.0. The lowest BCUT2D eigenvalue weighted by Gasteiger charge is -2.13. The monoisotopic (exact) mass is 255 g/mol. The zero-order valence-corrected chi connectivity index (χ0v) is 11.1. The summed E-state index contributed by atoms with van der Waals surface area (Å²) >= 11 is 0. The zero-order chi connectivity index (χ0) is 13.2. The van der Waals surface area contributed by atoms with Crippen molar-refractivity contribution in [3.8, 4) is 0 Å². The summed E-state index contributed by atoms with van der Waals surface area (Å²) in [6.45, 7) is 2.75. The van der Waals surface area contributed by atoms with E-state index >= 15 is 0 Å². The van der Waals surface area contributed by atoms with Crippen LogP contribution in [-0.4, -0.2) is 16.8 Å². The predicted octanol–water partition coefficient (Wildman–Crippen LogP) is 2.90. The minimum atomic E-state index is 0.117. The lowest BCUT2D eigenvalue weighted by atomic mass is 10.2. The fourth-order valence-electron chi connectivity index (χ4n) is 2.25. The highest BCUT2D eigenvalue weighted by Gasteiger charge is 2.15. The highest BCUT2D eigenvalue weighted by atomic mass is 16.3. The van der Waals surface area contributed by atoms with Crippen molar-refractivity contribution in [1.29, 1.82) is 0 Å². The van der Waals surface area contributed by atoms with Crippen LogP contribution in [0.1, 0.15) is 17.5 Å². The molecule has 1 atom stereocenters. The van der Waals surface area contributed by atoms with Crippen molar-refractivity contribution in [1.82, 2.24) is 15.1 Å². The van der Waals surface area contributed by atoms with E-state index in [0.29, 0.717) is 0 Å². The molecule has 0 aliphatic rings. The molecule has 0 radical (unpaired) electrons. The van der Waals surface area contributed by atoms with Crippen molar-refractivity contribution in [3.63, 3.8) is 0 Å². The molecule has 1 unspecified atom stereocenters. The Morgan fingerprint density at radius 2 is 2.16 bits per heavy atom. The van der Waals surface area contributed by atoms with Crippen LogP contribution < -0.4 is 5.32 Å². The number of nitrogens with one attached hydrogen (secondary N) is 1. The molecular weight excluding hydrogens is 238 g/mol. The first-order chi connectivity index (χ1) is 9.26. The third-order valence-electron chi connectivity index (χ3n) is 3.28. The Hall–Kier alpha value is -2.07. The summed E-state index contributed by atoms with van der Waals surface area (Å²) in [6, 6.07) is 12.3. The number of fused-ring (bicyclic) bond motifs is 1. The van der Waals surface area contributed by atoms with Gasteiger partial charge in [-0.05, 0) is 32.2 Å². The Bertz CT molecular complexity index is 650. The fraction of sp³-hybridized carbons (Fsp3) is 0.267. The number of benzene rings is 1. The van der Waals surface area contributed by atoms with Gasteiger partial charge in [-0.2, -0.15) is 5.10 Å². The molecule has 0 saturated heterocycles. The molecule has 0 bridgehead atoms. The van der Waals surface area contributed by atoms with Gasteiger partial charge < -0.3 is 9.73 Å². The Morgan fingerprint density at radius 1 is 1.32 bits per heavy atom. The third-order valence-corrected chi connectivity index (χ3v) is 3.28. The Balaban J connectivity index is 1.88. The molecule has 0 aliphatic carbocycles. The Kier molecular flexibility index (Phi) is 3.09. The summed E-state index contributed by atoms with van der Waals surface area (Å²) in [7, 11) is 1.94.